The van der Waals surface area contributed by atoms with Crippen LogP contribution in [0.25, 0.3) is 10.4 Å². The first-order valence-corrected chi connectivity index (χ1v) is 13.8. The Labute approximate surface area is 234 Å². The topological polar surface area (TPSA) is 307 Å². The molecule has 0 radical (unpaired) electrons. The van der Waals surface area contributed by atoms with E-state index in [-0.39, 0.29) is 25.0 Å². The second-order valence-electron chi connectivity index (χ2n) is 9.36. The number of carbonyl (C=O) groups is 1. The number of aliphatic hydroxyl groups excluding tert-OH is 2. The van der Waals surface area contributed by atoms with E-state index in [2.05, 4.69) is 24.5 Å². The highest BCUT2D eigenvalue weighted by Crippen LogP contribution is 2.42. The normalized spacial score (nSPS) is 26.5. The largest absolute Gasteiger partial charge is 0.415 e. The van der Waals surface area contributed by atoms with Crippen molar-refractivity contribution in [2.24, 2.45) is 10.8 Å². The first-order valence-electron chi connectivity index (χ1n) is 12.2. The van der Waals surface area contributed by atoms with Crippen molar-refractivity contribution >= 4 is 13.2 Å². The third-order valence-corrected chi connectivity index (χ3v) is 7.45. The number of aromatic nitrogens is 4. The van der Waals surface area contributed by atoms with Crippen LogP contribution in [0.2, 0.25) is 0 Å². The summed E-state index contributed by atoms with van der Waals surface area (Å²) < 4.78 is 29.0. The number of nitrogens with one attached hydrogen (secondary N) is 2. The molecule has 2 aliphatic rings. The number of H-pyrrole nitrogens is 2. The zero-order chi connectivity index (χ0) is 31.4. The number of aliphatic hydroxyl groups is 2. The summed E-state index contributed by atoms with van der Waals surface area (Å²) in [7, 11) is -4.63. The summed E-state index contributed by atoms with van der Waals surface area (Å²) in [5.74, 6) is 0. The number of azide groups is 1. The number of rotatable bonds is 8. The molecular weight excluding hydrogens is 587 g/mol. The van der Waals surface area contributed by atoms with Crippen LogP contribution in [0, 0.1) is 13.8 Å². The number of nitrogens with zero attached hydrogens (tertiary/aromatic N) is 5. The van der Waals surface area contributed by atoms with Crippen molar-refractivity contribution in [1.82, 2.24) is 19.1 Å². The number of aromatic amines is 2. The van der Waals surface area contributed by atoms with E-state index in [9.17, 15) is 33.6 Å². The van der Waals surface area contributed by atoms with Crippen molar-refractivity contribution in [1.29, 1.82) is 0 Å². The zero-order valence-corrected chi connectivity index (χ0v) is 23.1. The van der Waals surface area contributed by atoms with Gasteiger partial charge in [-0.25, -0.2) is 14.2 Å². The van der Waals surface area contributed by atoms with E-state index in [1.54, 1.807) is 6.92 Å². The van der Waals surface area contributed by atoms with E-state index in [0.29, 0.717) is 5.56 Å². The fourth-order valence-electron chi connectivity index (χ4n) is 4.11. The molecule has 1 amide bonds. The van der Waals surface area contributed by atoms with E-state index in [1.165, 1.54) is 23.9 Å². The van der Waals surface area contributed by atoms with Gasteiger partial charge in [0.2, 0.25) is 0 Å². The summed E-state index contributed by atoms with van der Waals surface area (Å²) in [6.45, 7) is 2.19. The van der Waals surface area contributed by atoms with Gasteiger partial charge in [-0.15, -0.1) is 0 Å². The van der Waals surface area contributed by atoms with Gasteiger partial charge in [-0.2, -0.15) is 0 Å². The number of nitrogens with two attached hydrogens (primary N) is 1. The van der Waals surface area contributed by atoms with E-state index in [1.807, 2.05) is 0 Å². The smallest absolute Gasteiger partial charge is 0.394 e. The molecule has 230 valence electrons. The second-order valence-corrected chi connectivity index (χ2v) is 11.1. The molecule has 2 fully saturated rings. The minimum absolute atomic E-state index is 0.00822. The monoisotopic (exact) mass is 616 g/mol. The first kappa shape index (κ1) is 32.6. The van der Waals surface area contributed by atoms with Crippen molar-refractivity contribution in [2.45, 2.75) is 63.5 Å². The standard InChI is InChI=1S/C11H16N3O8P.C10H13N5O4/c1-5-3-14(11(18)13-9(5)16)8-2-6(15)7(22-8)4-21-23(19,20)10(12)17;1-5-3-15(10(18)12-9(5)17)8-2-6(13-14-11)7(4-16)19-8/h3,6-8,15H,2,4H2,1H3,(H2,12,17)(H,19,20)(H,13,16,18);3,6-8,16H,2,4H2,1H3,(H,12,17,18)/t2*6-,7+,8+/m00/s1. The minimum Gasteiger partial charge on any atom is -0.394 e. The molecule has 0 spiro atoms. The van der Waals surface area contributed by atoms with Crippen molar-refractivity contribution in [3.8, 4) is 0 Å². The Morgan fingerprint density at radius 2 is 1.60 bits per heavy atom. The number of primary amides is 1. The fourth-order valence-corrected chi connectivity index (χ4v) is 4.59. The molecule has 7 N–H and O–H groups in total. The molecule has 2 aromatic heterocycles. The van der Waals surface area contributed by atoms with Crippen molar-refractivity contribution < 1.29 is 38.5 Å². The van der Waals surface area contributed by atoms with E-state index >= 15 is 0 Å². The minimum atomic E-state index is -4.63. The van der Waals surface area contributed by atoms with E-state index in [4.69, 9.17) is 30.7 Å². The van der Waals surface area contributed by atoms with Crippen LogP contribution in [-0.4, -0.2) is 77.4 Å². The molecule has 1 unspecified atom stereocenters. The van der Waals surface area contributed by atoms with Gasteiger partial charge in [-0.1, -0.05) is 5.11 Å². The number of hydrogen-bond acceptors (Lipinski definition) is 12. The van der Waals surface area contributed by atoms with Crippen molar-refractivity contribution in [3.05, 3.63) is 75.6 Å². The zero-order valence-electron chi connectivity index (χ0n) is 22.2. The third-order valence-electron chi connectivity index (χ3n) is 6.39. The molecule has 2 saturated heterocycles. The maximum atomic E-state index is 11.8. The Morgan fingerprint density at radius 3 is 2.07 bits per heavy atom. The molecule has 20 nitrogen and oxygen atoms in total. The molecule has 0 bridgehead atoms. The van der Waals surface area contributed by atoms with Gasteiger partial charge in [0.05, 0.1) is 31.5 Å². The van der Waals surface area contributed by atoms with Crippen LogP contribution in [0.5, 0.6) is 0 Å². The molecule has 4 rings (SSSR count). The lowest BCUT2D eigenvalue weighted by atomic mass is 10.1. The van der Waals surface area contributed by atoms with Crippen molar-refractivity contribution in [3.63, 3.8) is 0 Å². The molecule has 42 heavy (non-hydrogen) atoms. The predicted molar refractivity (Wildman–Crippen MR) is 141 cm³/mol. The maximum absolute atomic E-state index is 11.8. The van der Waals surface area contributed by atoms with Gasteiger partial charge >= 0.3 is 24.6 Å². The Hall–Kier alpha value is -3.87. The Morgan fingerprint density at radius 1 is 1.10 bits per heavy atom. The lowest BCUT2D eigenvalue weighted by molar-refractivity contribution is -0.0420. The van der Waals surface area contributed by atoms with Gasteiger partial charge < -0.3 is 30.3 Å². The highest BCUT2D eigenvalue weighted by atomic mass is 31.2. The number of ether oxygens (including phenoxy) is 2. The van der Waals surface area contributed by atoms with Gasteiger partial charge in [0.1, 0.15) is 18.6 Å². The molecule has 0 aliphatic carbocycles. The van der Waals surface area contributed by atoms with Crippen LogP contribution < -0.4 is 28.2 Å². The highest BCUT2D eigenvalue weighted by molar-refractivity contribution is 7.70. The highest BCUT2D eigenvalue weighted by Gasteiger charge is 2.39. The number of aryl methyl sites for hydroxylation is 2. The summed E-state index contributed by atoms with van der Waals surface area (Å²) in [6.07, 6.45) is -1.44. The maximum Gasteiger partial charge on any atom is 0.415 e. The predicted octanol–water partition coefficient (Wildman–Crippen LogP) is -1.42. The molecule has 7 atom stereocenters. The third kappa shape index (κ3) is 7.50. The summed E-state index contributed by atoms with van der Waals surface area (Å²) >= 11 is 0. The average molecular weight is 616 g/mol. The molecule has 2 aliphatic heterocycles. The quantitative estimate of drug-likeness (QED) is 0.0861. The Bertz CT molecular complexity index is 1640. The van der Waals surface area contributed by atoms with Crippen LogP contribution in [0.15, 0.2) is 36.7 Å². The van der Waals surface area contributed by atoms with Crippen LogP contribution >= 0.6 is 7.60 Å². The van der Waals surface area contributed by atoms with E-state index < -0.39 is 79.2 Å². The lowest BCUT2D eigenvalue weighted by Crippen LogP contribution is -2.33. The fraction of sp³-hybridized carbons (Fsp3) is 0.571. The summed E-state index contributed by atoms with van der Waals surface area (Å²) in [6, 6.07) is -0.542. The molecule has 21 heteroatoms. The van der Waals surface area contributed by atoms with Crippen LogP contribution in [0.3, 0.4) is 0 Å². The van der Waals surface area contributed by atoms with Crippen molar-refractivity contribution in [2.75, 3.05) is 13.2 Å². The summed E-state index contributed by atoms with van der Waals surface area (Å²) in [5, 5.41) is 22.6. The van der Waals surface area contributed by atoms with Gasteiger partial charge in [0.15, 0.2) is 0 Å². The summed E-state index contributed by atoms with van der Waals surface area (Å²) in [4.78, 5) is 72.9. The van der Waals surface area contributed by atoms with Gasteiger partial charge in [-0.3, -0.25) is 38.0 Å². The lowest BCUT2D eigenvalue weighted by Gasteiger charge is -2.17. The SMILES string of the molecule is Cc1cn([C@H]2C[C@H](N=[N+]=[N-])[C@@H](CO)O2)c(=O)[nH]c1=O.Cc1cn([C@H]2C[C@H](O)[C@@H](COP(=O)(O)C(N)=O)O2)c(=O)[nH]c1=O. The molecule has 0 aromatic carbocycles. The molecule has 4 heterocycles. The average Bonchev–Trinajstić information content (AvgIpc) is 3.50. The van der Waals surface area contributed by atoms with Gasteiger partial charge in [-0.05, 0) is 19.4 Å². The Balaban J connectivity index is 0.000000235. The number of carbonyl (C=O) groups excluding carboxylic acids is 1. The van der Waals surface area contributed by atoms with Crippen LogP contribution in [-0.2, 0) is 18.6 Å². The van der Waals surface area contributed by atoms with E-state index in [0.717, 1.165) is 4.57 Å². The molecule has 2 aromatic rings. The Kier molecular flexibility index (Phi) is 10.4. The number of hydrogen-bond donors (Lipinski definition) is 6. The molecular formula is C21H29N8O12P. The first-order chi connectivity index (χ1) is 19.7. The molecule has 0 saturated carbocycles. The van der Waals surface area contributed by atoms with Gasteiger partial charge in [0, 0.05) is 41.3 Å². The summed E-state index contributed by atoms with van der Waals surface area (Å²) in [5.41, 5.74) is 9.96. The van der Waals surface area contributed by atoms with Crippen LogP contribution in [0.4, 0.5) is 4.79 Å². The van der Waals surface area contributed by atoms with Gasteiger partial charge in [0.25, 0.3) is 11.1 Å². The van der Waals surface area contributed by atoms with Crippen LogP contribution in [0.1, 0.15) is 36.4 Å². The second kappa shape index (κ2) is 13.4. The number of amides is 1.